The Morgan fingerprint density at radius 3 is 2.62 bits per heavy atom. The second-order valence-electron chi connectivity index (χ2n) is 3.23. The molecule has 84 valence electrons. The lowest BCUT2D eigenvalue weighted by atomic mass is 9.99. The highest BCUT2D eigenvalue weighted by Gasteiger charge is 2.22. The first-order chi connectivity index (χ1) is 7.52. The zero-order valence-electron chi connectivity index (χ0n) is 8.89. The number of aliphatic hydroxyl groups is 1. The Kier molecular flexibility index (Phi) is 3.48. The number of carboxylic acid groups (broad SMARTS) is 1. The van der Waals surface area contributed by atoms with E-state index in [9.17, 15) is 9.90 Å². The standard InChI is InChI=1S/C11H11NO4/c1-6-3-4-7(9(13)11(14)15)8(5-12)10(6)16-2/h3-4,9,13H,1-2H3,(H,14,15). The van der Waals surface area contributed by atoms with E-state index in [-0.39, 0.29) is 11.1 Å². The molecular formula is C11H11NO4. The summed E-state index contributed by atoms with van der Waals surface area (Å²) in [6, 6.07) is 4.85. The van der Waals surface area contributed by atoms with Crippen LogP contribution in [0.3, 0.4) is 0 Å². The summed E-state index contributed by atoms with van der Waals surface area (Å²) >= 11 is 0. The van der Waals surface area contributed by atoms with Gasteiger partial charge in [-0.3, -0.25) is 0 Å². The Balaban J connectivity index is 3.43. The van der Waals surface area contributed by atoms with E-state index in [0.717, 1.165) is 0 Å². The quantitative estimate of drug-likeness (QED) is 0.794. The van der Waals surface area contributed by atoms with Gasteiger partial charge in [0.15, 0.2) is 6.10 Å². The molecule has 0 radical (unpaired) electrons. The van der Waals surface area contributed by atoms with Crippen LogP contribution in [0.4, 0.5) is 0 Å². The van der Waals surface area contributed by atoms with Crippen LogP contribution in [0.2, 0.25) is 0 Å². The average molecular weight is 221 g/mol. The lowest BCUT2D eigenvalue weighted by molar-refractivity contribution is -0.146. The molecule has 16 heavy (non-hydrogen) atoms. The first-order valence-electron chi connectivity index (χ1n) is 4.51. The van der Waals surface area contributed by atoms with Crippen LogP contribution in [0.25, 0.3) is 0 Å². The Labute approximate surface area is 92.5 Å². The Bertz CT molecular complexity index is 462. The van der Waals surface area contributed by atoms with Gasteiger partial charge in [0.2, 0.25) is 0 Å². The average Bonchev–Trinajstić information content (AvgIpc) is 2.27. The third kappa shape index (κ3) is 1.97. The number of ether oxygens (including phenoxy) is 1. The summed E-state index contributed by atoms with van der Waals surface area (Å²) in [6.07, 6.45) is -1.72. The lowest BCUT2D eigenvalue weighted by Crippen LogP contribution is -2.12. The molecule has 1 rings (SSSR count). The van der Waals surface area contributed by atoms with Crippen molar-refractivity contribution in [1.29, 1.82) is 5.26 Å². The van der Waals surface area contributed by atoms with Crippen molar-refractivity contribution in [3.8, 4) is 11.8 Å². The van der Waals surface area contributed by atoms with E-state index in [1.807, 2.05) is 6.07 Å². The molecule has 1 unspecified atom stereocenters. The molecule has 1 atom stereocenters. The van der Waals surface area contributed by atoms with Crippen molar-refractivity contribution in [2.45, 2.75) is 13.0 Å². The molecule has 0 aliphatic carbocycles. The van der Waals surface area contributed by atoms with Gasteiger partial charge in [-0.1, -0.05) is 12.1 Å². The zero-order valence-corrected chi connectivity index (χ0v) is 8.89. The van der Waals surface area contributed by atoms with Gasteiger partial charge in [-0.05, 0) is 12.5 Å². The summed E-state index contributed by atoms with van der Waals surface area (Å²) in [7, 11) is 1.39. The van der Waals surface area contributed by atoms with Gasteiger partial charge in [-0.15, -0.1) is 0 Å². The fourth-order valence-corrected chi connectivity index (χ4v) is 1.44. The number of methoxy groups -OCH3 is 1. The number of carbonyl (C=O) groups is 1. The largest absolute Gasteiger partial charge is 0.495 e. The number of aliphatic carboxylic acids is 1. The molecule has 5 heteroatoms. The van der Waals surface area contributed by atoms with E-state index < -0.39 is 12.1 Å². The van der Waals surface area contributed by atoms with Gasteiger partial charge in [0, 0.05) is 5.56 Å². The minimum absolute atomic E-state index is 0.0393. The summed E-state index contributed by atoms with van der Waals surface area (Å²) in [5.74, 6) is -1.11. The van der Waals surface area contributed by atoms with Gasteiger partial charge in [-0.25, -0.2) is 4.79 Å². The van der Waals surface area contributed by atoms with E-state index in [4.69, 9.17) is 15.1 Å². The number of hydrogen-bond donors (Lipinski definition) is 2. The van der Waals surface area contributed by atoms with Crippen molar-refractivity contribution in [2.24, 2.45) is 0 Å². The fourth-order valence-electron chi connectivity index (χ4n) is 1.44. The third-order valence-corrected chi connectivity index (χ3v) is 2.23. The Morgan fingerprint density at radius 1 is 1.56 bits per heavy atom. The molecule has 5 nitrogen and oxygen atoms in total. The highest BCUT2D eigenvalue weighted by Crippen LogP contribution is 2.29. The van der Waals surface area contributed by atoms with Crippen LogP contribution in [-0.4, -0.2) is 23.3 Å². The molecule has 2 N–H and O–H groups in total. The molecule has 0 spiro atoms. The summed E-state index contributed by atoms with van der Waals surface area (Å²) < 4.78 is 5.01. The maximum atomic E-state index is 10.7. The Hall–Kier alpha value is -2.06. The fraction of sp³-hybridized carbons (Fsp3) is 0.273. The predicted octanol–water partition coefficient (Wildman–Crippen LogP) is 0.993. The molecule has 0 saturated carbocycles. The van der Waals surface area contributed by atoms with Crippen molar-refractivity contribution in [3.63, 3.8) is 0 Å². The maximum Gasteiger partial charge on any atom is 0.337 e. The van der Waals surface area contributed by atoms with Gasteiger partial charge in [0.1, 0.15) is 17.4 Å². The van der Waals surface area contributed by atoms with Crippen LogP contribution in [0.5, 0.6) is 5.75 Å². The summed E-state index contributed by atoms with van der Waals surface area (Å²) in [5.41, 5.74) is 0.801. The second-order valence-corrected chi connectivity index (χ2v) is 3.23. The number of aliphatic hydroxyl groups excluding tert-OH is 1. The first-order valence-corrected chi connectivity index (χ1v) is 4.51. The van der Waals surface area contributed by atoms with Gasteiger partial charge in [0.25, 0.3) is 0 Å². The van der Waals surface area contributed by atoms with Gasteiger partial charge < -0.3 is 14.9 Å². The molecule has 1 aromatic carbocycles. The molecule has 1 aromatic rings. The van der Waals surface area contributed by atoms with Gasteiger partial charge >= 0.3 is 5.97 Å². The topological polar surface area (TPSA) is 90.6 Å². The van der Waals surface area contributed by atoms with Crippen LogP contribution in [-0.2, 0) is 4.79 Å². The van der Waals surface area contributed by atoms with Crippen molar-refractivity contribution in [3.05, 3.63) is 28.8 Å². The molecule has 0 fully saturated rings. The number of carboxylic acids is 1. The second kappa shape index (κ2) is 4.64. The van der Waals surface area contributed by atoms with Crippen LogP contribution in [0, 0.1) is 18.3 Å². The minimum atomic E-state index is -1.72. The van der Waals surface area contributed by atoms with Crippen molar-refractivity contribution < 1.29 is 19.7 Å². The highest BCUT2D eigenvalue weighted by molar-refractivity contribution is 5.76. The monoisotopic (exact) mass is 221 g/mol. The number of rotatable bonds is 3. The van der Waals surface area contributed by atoms with E-state index >= 15 is 0 Å². The van der Waals surface area contributed by atoms with E-state index in [1.165, 1.54) is 13.2 Å². The molecule has 0 aromatic heterocycles. The molecule has 0 aliphatic heterocycles. The van der Waals surface area contributed by atoms with Gasteiger partial charge in [-0.2, -0.15) is 5.26 Å². The molecule has 0 bridgehead atoms. The number of aryl methyl sites for hydroxylation is 1. The number of benzene rings is 1. The number of hydrogen-bond acceptors (Lipinski definition) is 4. The zero-order chi connectivity index (χ0) is 12.3. The smallest absolute Gasteiger partial charge is 0.337 e. The number of nitriles is 1. The minimum Gasteiger partial charge on any atom is -0.495 e. The molecule has 0 amide bonds. The summed E-state index contributed by atoms with van der Waals surface area (Å²) in [6.45, 7) is 1.73. The van der Waals surface area contributed by atoms with E-state index in [1.54, 1.807) is 13.0 Å². The number of nitrogens with zero attached hydrogens (tertiary/aromatic N) is 1. The normalized spacial score (nSPS) is 11.6. The summed E-state index contributed by atoms with van der Waals surface area (Å²) in [4.78, 5) is 10.7. The van der Waals surface area contributed by atoms with Crippen molar-refractivity contribution >= 4 is 5.97 Å². The van der Waals surface area contributed by atoms with Crippen molar-refractivity contribution in [2.75, 3.05) is 7.11 Å². The van der Waals surface area contributed by atoms with E-state index in [0.29, 0.717) is 11.3 Å². The Morgan fingerprint density at radius 2 is 2.19 bits per heavy atom. The van der Waals surface area contributed by atoms with Gasteiger partial charge in [0.05, 0.1) is 7.11 Å². The highest BCUT2D eigenvalue weighted by atomic mass is 16.5. The summed E-state index contributed by atoms with van der Waals surface area (Å²) in [5, 5.41) is 27.1. The van der Waals surface area contributed by atoms with E-state index in [2.05, 4.69) is 0 Å². The maximum absolute atomic E-state index is 10.7. The SMILES string of the molecule is COc1c(C)ccc(C(O)C(=O)O)c1C#N. The molecule has 0 heterocycles. The first kappa shape index (κ1) is 12.0. The lowest BCUT2D eigenvalue weighted by Gasteiger charge is -2.13. The van der Waals surface area contributed by atoms with Crippen LogP contribution in [0.15, 0.2) is 12.1 Å². The van der Waals surface area contributed by atoms with Crippen LogP contribution in [0.1, 0.15) is 22.8 Å². The molecule has 0 aliphatic rings. The van der Waals surface area contributed by atoms with Crippen LogP contribution >= 0.6 is 0 Å². The molecule has 0 saturated heterocycles. The third-order valence-electron chi connectivity index (χ3n) is 2.23. The van der Waals surface area contributed by atoms with Crippen molar-refractivity contribution in [1.82, 2.24) is 0 Å². The molecular weight excluding hydrogens is 210 g/mol. The van der Waals surface area contributed by atoms with Crippen LogP contribution < -0.4 is 4.74 Å². The predicted molar refractivity (Wildman–Crippen MR) is 55.0 cm³/mol.